The summed E-state index contributed by atoms with van der Waals surface area (Å²) in [6.45, 7) is 2.36. The summed E-state index contributed by atoms with van der Waals surface area (Å²) < 4.78 is 4.68. The molecule has 0 saturated carbocycles. The van der Waals surface area contributed by atoms with E-state index in [1.807, 2.05) is 0 Å². The molecule has 8 heteroatoms. The number of carbonyl (C=O) groups is 2. The van der Waals surface area contributed by atoms with E-state index < -0.39 is 12.0 Å². The first-order chi connectivity index (χ1) is 10.4. The van der Waals surface area contributed by atoms with Gasteiger partial charge in [0.15, 0.2) is 4.74 Å². The zero-order chi connectivity index (χ0) is 16.5. The van der Waals surface area contributed by atoms with Gasteiger partial charge in [-0.1, -0.05) is 23.7 Å². The Bertz CT molecular complexity index is 537. The van der Waals surface area contributed by atoms with Crippen LogP contribution in [0, 0.1) is 5.41 Å². The van der Waals surface area contributed by atoms with Crippen molar-refractivity contribution in [1.82, 2.24) is 10.2 Å². The highest BCUT2D eigenvalue weighted by Crippen LogP contribution is 2.09. The Labute approximate surface area is 142 Å². The van der Waals surface area contributed by atoms with Gasteiger partial charge in [0.1, 0.15) is 0 Å². The largest absolute Gasteiger partial charge is 0.466 e. The molecule has 2 N–H and O–H groups in total. The van der Waals surface area contributed by atoms with Crippen LogP contribution in [0.2, 0.25) is 5.02 Å². The van der Waals surface area contributed by atoms with E-state index in [2.05, 4.69) is 21.2 Å². The van der Waals surface area contributed by atoms with Crippen molar-refractivity contribution in [3.8, 4) is 0 Å². The number of nitrogens with one attached hydrogen (secondary N) is 2. The predicted octanol–water partition coefficient (Wildman–Crippen LogP) is 3.13. The molecule has 0 heterocycles. The molecule has 0 aliphatic rings. The summed E-state index contributed by atoms with van der Waals surface area (Å²) in [7, 11) is 0. The van der Waals surface area contributed by atoms with Gasteiger partial charge in [-0.3, -0.25) is 15.1 Å². The number of amidine groups is 1. The minimum atomic E-state index is -0.471. The van der Waals surface area contributed by atoms with Crippen LogP contribution < -0.4 is 5.32 Å². The van der Waals surface area contributed by atoms with Crippen LogP contribution >= 0.6 is 27.5 Å². The number of hydrogen-bond donors (Lipinski definition) is 2. The molecule has 0 radical (unpaired) electrons. The number of carbonyl (C=O) groups excluding carboxylic acids is 2. The summed E-state index contributed by atoms with van der Waals surface area (Å²) in [5.74, 6) is -0.410. The van der Waals surface area contributed by atoms with Gasteiger partial charge >= 0.3 is 12.0 Å². The van der Waals surface area contributed by atoms with Gasteiger partial charge in [-0.2, -0.15) is 0 Å². The number of hydrogen-bond acceptors (Lipinski definition) is 4. The fourth-order valence-electron chi connectivity index (χ4n) is 1.60. The van der Waals surface area contributed by atoms with Crippen molar-refractivity contribution in [2.24, 2.45) is 0 Å². The number of rotatable bonds is 6. The maximum atomic E-state index is 12.1. The summed E-state index contributed by atoms with van der Waals surface area (Å²) in [6, 6.07) is 6.58. The lowest BCUT2D eigenvalue weighted by Crippen LogP contribution is -2.42. The van der Waals surface area contributed by atoms with E-state index in [1.165, 1.54) is 0 Å². The van der Waals surface area contributed by atoms with E-state index in [9.17, 15) is 9.59 Å². The zero-order valence-corrected chi connectivity index (χ0v) is 14.4. The molecule has 1 aromatic carbocycles. The van der Waals surface area contributed by atoms with E-state index in [0.717, 1.165) is 10.5 Å². The van der Waals surface area contributed by atoms with Crippen molar-refractivity contribution in [2.45, 2.75) is 19.9 Å². The number of urea groups is 1. The Hall–Kier alpha value is -1.60. The number of esters is 1. The van der Waals surface area contributed by atoms with Crippen molar-refractivity contribution >= 4 is 44.3 Å². The van der Waals surface area contributed by atoms with E-state index >= 15 is 0 Å². The molecule has 0 fully saturated rings. The van der Waals surface area contributed by atoms with Crippen LogP contribution in [0.3, 0.4) is 0 Å². The van der Waals surface area contributed by atoms with E-state index in [4.69, 9.17) is 21.7 Å². The molecule has 0 aliphatic carbocycles. The number of benzene rings is 1. The maximum Gasteiger partial charge on any atom is 0.323 e. The first-order valence-electron chi connectivity index (χ1n) is 6.63. The topological polar surface area (TPSA) is 82.5 Å². The molecule has 0 saturated heterocycles. The SMILES string of the molecule is CCOC(=O)CCN(C(=N)Br)C(=O)NCc1ccc(Cl)cc1. The summed E-state index contributed by atoms with van der Waals surface area (Å²) >= 11 is 8.73. The highest BCUT2D eigenvalue weighted by Gasteiger charge is 2.18. The number of amides is 2. The first-order valence-corrected chi connectivity index (χ1v) is 7.80. The molecule has 0 unspecified atom stereocenters. The Morgan fingerprint density at radius 1 is 1.36 bits per heavy atom. The molecular weight excluding hydrogens is 374 g/mol. The normalized spacial score (nSPS) is 9.95. The lowest BCUT2D eigenvalue weighted by atomic mass is 10.2. The van der Waals surface area contributed by atoms with E-state index in [0.29, 0.717) is 11.6 Å². The van der Waals surface area contributed by atoms with Crippen molar-refractivity contribution in [2.75, 3.05) is 13.2 Å². The third kappa shape index (κ3) is 6.44. The summed E-state index contributed by atoms with van der Waals surface area (Å²) in [4.78, 5) is 24.5. The van der Waals surface area contributed by atoms with Crippen molar-refractivity contribution in [1.29, 1.82) is 5.41 Å². The Balaban J connectivity index is 2.52. The Kier molecular flexibility index (Phi) is 7.90. The van der Waals surface area contributed by atoms with E-state index in [-0.39, 0.29) is 24.3 Å². The molecule has 1 rings (SSSR count). The van der Waals surface area contributed by atoms with Crippen LogP contribution in [0.5, 0.6) is 0 Å². The third-order valence-electron chi connectivity index (χ3n) is 2.68. The van der Waals surface area contributed by atoms with Crippen LogP contribution in [0.25, 0.3) is 0 Å². The summed E-state index contributed by atoms with van der Waals surface area (Å²) in [5.41, 5.74) is 0.879. The quantitative estimate of drug-likeness (QED) is 0.339. The average Bonchev–Trinajstić information content (AvgIpc) is 2.46. The molecule has 0 spiro atoms. The second kappa shape index (κ2) is 9.42. The zero-order valence-electron chi connectivity index (χ0n) is 12.1. The molecule has 120 valence electrons. The highest BCUT2D eigenvalue weighted by molar-refractivity contribution is 9.18. The standard InChI is InChI=1S/C14H17BrClN3O3/c1-2-22-12(20)7-8-19(13(15)17)14(21)18-9-10-3-5-11(16)6-4-10/h3-6,17H,2,7-9H2,1H3,(H,18,21). The molecule has 6 nitrogen and oxygen atoms in total. The molecule has 0 atom stereocenters. The van der Waals surface area contributed by atoms with Crippen molar-refractivity contribution in [3.63, 3.8) is 0 Å². The molecule has 0 aliphatic heterocycles. The van der Waals surface area contributed by atoms with Gasteiger partial charge in [0.25, 0.3) is 0 Å². The van der Waals surface area contributed by atoms with Crippen LogP contribution in [-0.2, 0) is 16.1 Å². The van der Waals surface area contributed by atoms with Crippen LogP contribution in [0.4, 0.5) is 4.79 Å². The molecule has 2 amide bonds. The maximum absolute atomic E-state index is 12.1. The lowest BCUT2D eigenvalue weighted by molar-refractivity contribution is -0.143. The fourth-order valence-corrected chi connectivity index (χ4v) is 2.06. The molecule has 0 bridgehead atoms. The average molecular weight is 391 g/mol. The van der Waals surface area contributed by atoms with Gasteiger partial charge < -0.3 is 10.1 Å². The van der Waals surface area contributed by atoms with Crippen molar-refractivity contribution < 1.29 is 14.3 Å². The molecular formula is C14H17BrClN3O3. The summed E-state index contributed by atoms with van der Waals surface area (Å²) in [5, 5.41) is 10.8. The summed E-state index contributed by atoms with van der Waals surface area (Å²) in [6.07, 6.45) is 0.0240. The van der Waals surface area contributed by atoms with Gasteiger partial charge in [-0.25, -0.2) is 4.79 Å². The van der Waals surface area contributed by atoms with Gasteiger partial charge in [-0.15, -0.1) is 0 Å². The van der Waals surface area contributed by atoms with E-state index in [1.54, 1.807) is 31.2 Å². The van der Waals surface area contributed by atoms with Gasteiger partial charge in [0.05, 0.1) is 13.0 Å². The lowest BCUT2D eigenvalue weighted by Gasteiger charge is -2.20. The predicted molar refractivity (Wildman–Crippen MR) is 88.3 cm³/mol. The highest BCUT2D eigenvalue weighted by atomic mass is 79.9. The number of halogens is 2. The van der Waals surface area contributed by atoms with Gasteiger partial charge in [-0.05, 0) is 40.5 Å². The smallest absolute Gasteiger partial charge is 0.323 e. The molecule has 1 aromatic rings. The first kappa shape index (κ1) is 18.4. The number of ether oxygens (including phenoxy) is 1. The van der Waals surface area contributed by atoms with Crippen LogP contribution in [0.15, 0.2) is 24.3 Å². The van der Waals surface area contributed by atoms with Gasteiger partial charge in [0, 0.05) is 18.1 Å². The Morgan fingerprint density at radius 2 is 2.00 bits per heavy atom. The minimum Gasteiger partial charge on any atom is -0.466 e. The molecule has 0 aromatic heterocycles. The molecule has 22 heavy (non-hydrogen) atoms. The fraction of sp³-hybridized carbons (Fsp3) is 0.357. The van der Waals surface area contributed by atoms with Crippen LogP contribution in [0.1, 0.15) is 18.9 Å². The minimum absolute atomic E-state index is 0.0240. The monoisotopic (exact) mass is 389 g/mol. The Morgan fingerprint density at radius 3 is 2.55 bits per heavy atom. The second-order valence-corrected chi connectivity index (χ2v) is 5.47. The third-order valence-corrected chi connectivity index (χ3v) is 3.36. The van der Waals surface area contributed by atoms with Crippen LogP contribution in [-0.4, -0.2) is 34.8 Å². The number of nitrogens with zero attached hydrogens (tertiary/aromatic N) is 1. The van der Waals surface area contributed by atoms with Crippen molar-refractivity contribution in [3.05, 3.63) is 34.9 Å². The second-order valence-electron chi connectivity index (χ2n) is 4.28. The van der Waals surface area contributed by atoms with Gasteiger partial charge in [0.2, 0.25) is 0 Å².